The van der Waals surface area contributed by atoms with Crippen LogP contribution in [0, 0.1) is 6.92 Å². The van der Waals surface area contributed by atoms with Gasteiger partial charge in [-0.25, -0.2) is 8.42 Å². The van der Waals surface area contributed by atoms with Gasteiger partial charge in [-0.05, 0) is 50.6 Å². The van der Waals surface area contributed by atoms with Gasteiger partial charge in [0.2, 0.25) is 15.9 Å². The maximum Gasteiger partial charge on any atom is 0.232 e. The Morgan fingerprint density at radius 2 is 1.77 bits per heavy atom. The average Bonchev–Trinajstić information content (AvgIpc) is 2.70. The lowest BCUT2D eigenvalue weighted by Gasteiger charge is -2.23. The fourth-order valence-corrected chi connectivity index (χ4v) is 4.12. The minimum absolute atomic E-state index is 0.162. The number of nitrogens with zero attached hydrogens (tertiary/aromatic N) is 1. The fraction of sp³-hybridized carbons (Fsp3) is 0.409. The molecule has 2 aromatic rings. The van der Waals surface area contributed by atoms with Crippen LogP contribution in [0.1, 0.15) is 36.9 Å². The van der Waals surface area contributed by atoms with Gasteiger partial charge in [0.1, 0.15) is 11.5 Å². The number of amides is 1. The van der Waals surface area contributed by atoms with Crippen molar-refractivity contribution in [1.29, 1.82) is 0 Å². The number of ether oxygens (including phenoxy) is 2. The summed E-state index contributed by atoms with van der Waals surface area (Å²) >= 11 is 0. The zero-order valence-corrected chi connectivity index (χ0v) is 19.0. The van der Waals surface area contributed by atoms with Crippen molar-refractivity contribution in [3.8, 4) is 11.5 Å². The maximum atomic E-state index is 12.4. The number of carbonyl (C=O) groups is 1. The van der Waals surface area contributed by atoms with Crippen LogP contribution in [0.4, 0.5) is 5.69 Å². The number of methoxy groups -OCH3 is 2. The number of hydrogen-bond donors (Lipinski definition) is 1. The molecule has 1 amide bonds. The van der Waals surface area contributed by atoms with E-state index in [0.29, 0.717) is 23.6 Å². The Morgan fingerprint density at radius 1 is 1.10 bits per heavy atom. The standard InChI is InChI=1S/C22H30N2O5S/c1-16-8-10-18(11-9-16)24(30(5,26)27)14-6-7-22(25)23-17(2)20-15-19(28-3)12-13-21(20)29-4/h8-13,15,17H,6-7,14H2,1-5H3,(H,23,25)/t17-/m1/s1. The first-order valence-corrected chi connectivity index (χ1v) is 11.6. The summed E-state index contributed by atoms with van der Waals surface area (Å²) in [5.41, 5.74) is 2.45. The molecule has 0 heterocycles. The van der Waals surface area contributed by atoms with Crippen LogP contribution < -0.4 is 19.1 Å². The normalized spacial score (nSPS) is 12.2. The van der Waals surface area contributed by atoms with E-state index in [9.17, 15) is 13.2 Å². The summed E-state index contributed by atoms with van der Waals surface area (Å²) in [4.78, 5) is 12.4. The molecule has 0 bridgehead atoms. The molecule has 8 heteroatoms. The molecule has 164 valence electrons. The molecule has 0 unspecified atom stereocenters. The van der Waals surface area contributed by atoms with Gasteiger partial charge < -0.3 is 14.8 Å². The van der Waals surface area contributed by atoms with Crippen molar-refractivity contribution in [3.63, 3.8) is 0 Å². The molecule has 0 aromatic heterocycles. The van der Waals surface area contributed by atoms with E-state index in [4.69, 9.17) is 9.47 Å². The topological polar surface area (TPSA) is 84.9 Å². The zero-order chi connectivity index (χ0) is 22.3. The van der Waals surface area contributed by atoms with Gasteiger partial charge in [-0.1, -0.05) is 17.7 Å². The van der Waals surface area contributed by atoms with Crippen LogP contribution in [-0.2, 0) is 14.8 Å². The summed E-state index contributed by atoms with van der Waals surface area (Å²) in [7, 11) is -0.286. The van der Waals surface area contributed by atoms with Gasteiger partial charge in [0.15, 0.2) is 0 Å². The Labute approximate surface area is 179 Å². The molecule has 0 fully saturated rings. The maximum absolute atomic E-state index is 12.4. The molecule has 7 nitrogen and oxygen atoms in total. The number of aryl methyl sites for hydroxylation is 1. The summed E-state index contributed by atoms with van der Waals surface area (Å²) in [5.74, 6) is 1.17. The third kappa shape index (κ3) is 6.38. The van der Waals surface area contributed by atoms with Gasteiger partial charge >= 0.3 is 0 Å². The van der Waals surface area contributed by atoms with Gasteiger partial charge in [0, 0.05) is 18.5 Å². The molecule has 0 spiro atoms. The van der Waals surface area contributed by atoms with Gasteiger partial charge in [0.05, 0.1) is 32.2 Å². The predicted octanol–water partition coefficient (Wildman–Crippen LogP) is 3.44. The SMILES string of the molecule is COc1ccc(OC)c([C@@H](C)NC(=O)CCCN(c2ccc(C)cc2)S(C)(=O)=O)c1. The van der Waals surface area contributed by atoms with E-state index >= 15 is 0 Å². The number of anilines is 1. The lowest BCUT2D eigenvalue weighted by molar-refractivity contribution is -0.121. The zero-order valence-electron chi connectivity index (χ0n) is 18.1. The molecule has 1 atom stereocenters. The number of carbonyl (C=O) groups excluding carboxylic acids is 1. The van der Waals surface area contributed by atoms with Crippen molar-refractivity contribution < 1.29 is 22.7 Å². The largest absolute Gasteiger partial charge is 0.497 e. The van der Waals surface area contributed by atoms with Crippen molar-refractivity contribution in [2.75, 3.05) is 31.3 Å². The van der Waals surface area contributed by atoms with Crippen LogP contribution in [-0.4, -0.2) is 41.3 Å². The molecule has 0 saturated carbocycles. The Kier molecular flexibility index (Phi) is 8.11. The van der Waals surface area contributed by atoms with Crippen molar-refractivity contribution in [2.24, 2.45) is 0 Å². The minimum atomic E-state index is -3.44. The quantitative estimate of drug-likeness (QED) is 0.619. The highest BCUT2D eigenvalue weighted by Crippen LogP contribution is 2.29. The van der Waals surface area contributed by atoms with E-state index in [1.807, 2.05) is 32.0 Å². The van der Waals surface area contributed by atoms with Crippen LogP contribution >= 0.6 is 0 Å². The molecule has 0 aliphatic carbocycles. The molecule has 1 N–H and O–H groups in total. The van der Waals surface area contributed by atoms with Crippen molar-refractivity contribution in [3.05, 3.63) is 53.6 Å². The Balaban J connectivity index is 1.99. The van der Waals surface area contributed by atoms with Crippen LogP contribution in [0.25, 0.3) is 0 Å². The second-order valence-electron chi connectivity index (χ2n) is 7.17. The molecule has 0 aliphatic rings. The Hall–Kier alpha value is -2.74. The van der Waals surface area contributed by atoms with Gasteiger partial charge in [-0.3, -0.25) is 9.10 Å². The fourth-order valence-electron chi connectivity index (χ4n) is 3.15. The molecule has 0 aliphatic heterocycles. The van der Waals surface area contributed by atoms with Crippen LogP contribution in [0.3, 0.4) is 0 Å². The highest BCUT2D eigenvalue weighted by atomic mass is 32.2. The summed E-state index contributed by atoms with van der Waals surface area (Å²) in [5, 5.41) is 2.94. The van der Waals surface area contributed by atoms with Crippen molar-refractivity contribution in [2.45, 2.75) is 32.7 Å². The third-order valence-corrected chi connectivity index (χ3v) is 5.96. The first-order valence-electron chi connectivity index (χ1n) is 9.71. The molecule has 0 radical (unpaired) electrons. The van der Waals surface area contributed by atoms with E-state index < -0.39 is 10.0 Å². The van der Waals surface area contributed by atoms with E-state index in [1.165, 1.54) is 10.6 Å². The molecular weight excluding hydrogens is 404 g/mol. The van der Waals surface area contributed by atoms with Crippen LogP contribution in [0.15, 0.2) is 42.5 Å². The number of sulfonamides is 1. The van der Waals surface area contributed by atoms with Crippen LogP contribution in [0.2, 0.25) is 0 Å². The number of benzene rings is 2. The third-order valence-electron chi connectivity index (χ3n) is 4.77. The number of nitrogens with one attached hydrogen (secondary N) is 1. The molecule has 30 heavy (non-hydrogen) atoms. The highest BCUT2D eigenvalue weighted by molar-refractivity contribution is 7.92. The van der Waals surface area contributed by atoms with Gasteiger partial charge in [0.25, 0.3) is 0 Å². The molecule has 2 rings (SSSR count). The Bertz CT molecular complexity index is 958. The van der Waals surface area contributed by atoms with Gasteiger partial charge in [-0.15, -0.1) is 0 Å². The van der Waals surface area contributed by atoms with E-state index in [1.54, 1.807) is 38.5 Å². The van der Waals surface area contributed by atoms with E-state index in [2.05, 4.69) is 5.32 Å². The lowest BCUT2D eigenvalue weighted by Crippen LogP contribution is -2.32. The predicted molar refractivity (Wildman–Crippen MR) is 119 cm³/mol. The number of rotatable bonds is 10. The van der Waals surface area contributed by atoms with Crippen molar-refractivity contribution >= 4 is 21.6 Å². The molecule has 0 saturated heterocycles. The first kappa shape index (κ1) is 23.5. The smallest absolute Gasteiger partial charge is 0.232 e. The second kappa shape index (κ2) is 10.3. The van der Waals surface area contributed by atoms with Gasteiger partial charge in [-0.2, -0.15) is 0 Å². The van der Waals surface area contributed by atoms with E-state index in [-0.39, 0.29) is 24.9 Å². The van der Waals surface area contributed by atoms with E-state index in [0.717, 1.165) is 11.1 Å². The average molecular weight is 435 g/mol. The summed E-state index contributed by atoms with van der Waals surface area (Å²) in [6.45, 7) is 4.04. The lowest BCUT2D eigenvalue weighted by atomic mass is 10.1. The molecular formula is C22H30N2O5S. The van der Waals surface area contributed by atoms with Crippen molar-refractivity contribution in [1.82, 2.24) is 5.32 Å². The Morgan fingerprint density at radius 3 is 2.33 bits per heavy atom. The summed E-state index contributed by atoms with van der Waals surface area (Å²) in [6.07, 6.45) is 1.77. The second-order valence-corrected chi connectivity index (χ2v) is 9.08. The minimum Gasteiger partial charge on any atom is -0.497 e. The van der Waals surface area contributed by atoms with Crippen LogP contribution in [0.5, 0.6) is 11.5 Å². The summed E-state index contributed by atoms with van der Waals surface area (Å²) in [6, 6.07) is 12.4. The first-order chi connectivity index (χ1) is 14.2. The number of hydrogen-bond acceptors (Lipinski definition) is 5. The summed E-state index contributed by atoms with van der Waals surface area (Å²) < 4.78 is 36.3. The highest BCUT2D eigenvalue weighted by Gasteiger charge is 2.19. The molecule has 2 aromatic carbocycles. The monoisotopic (exact) mass is 434 g/mol.